The molecule has 2 heterocycles. The zero-order valence-electron chi connectivity index (χ0n) is 19.4. The number of benzene rings is 2. The summed E-state index contributed by atoms with van der Waals surface area (Å²) in [7, 11) is 0. The zero-order valence-corrected chi connectivity index (χ0v) is 19.4. The molecular weight excluding hydrogens is 410 g/mol. The van der Waals surface area contributed by atoms with Crippen LogP contribution in [-0.4, -0.2) is 59.8 Å². The van der Waals surface area contributed by atoms with Gasteiger partial charge in [-0.25, -0.2) is 0 Å². The SMILES string of the molecule is O=C(C1CCCCC1)C(C1CCc2ccccc2N1)N1CCN(C(=O)c2ccccc2)CC1. The molecule has 1 aliphatic carbocycles. The summed E-state index contributed by atoms with van der Waals surface area (Å²) in [5.74, 6) is 0.705. The number of ketones is 1. The first-order valence-corrected chi connectivity index (χ1v) is 12.7. The number of piperazine rings is 1. The summed E-state index contributed by atoms with van der Waals surface area (Å²) < 4.78 is 0. The Hall–Kier alpha value is -2.66. The van der Waals surface area contributed by atoms with Gasteiger partial charge >= 0.3 is 0 Å². The highest BCUT2D eigenvalue weighted by Gasteiger charge is 2.40. The number of carbonyl (C=O) groups is 2. The van der Waals surface area contributed by atoms with E-state index in [4.69, 9.17) is 0 Å². The molecule has 1 saturated heterocycles. The van der Waals surface area contributed by atoms with Gasteiger partial charge in [0.25, 0.3) is 5.91 Å². The summed E-state index contributed by atoms with van der Waals surface area (Å²) in [5, 5.41) is 3.73. The lowest BCUT2D eigenvalue weighted by atomic mass is 9.80. The minimum Gasteiger partial charge on any atom is -0.380 e. The number of amides is 1. The standard InChI is InChI=1S/C28H35N3O2/c32-27(22-10-3-1-4-11-22)26(25-16-15-21-9-7-8-14-24(21)29-25)30-17-19-31(20-18-30)28(33)23-12-5-2-6-13-23/h2,5-9,12-14,22,25-26,29H,1,3-4,10-11,15-20H2. The van der Waals surface area contributed by atoms with Crippen LogP contribution in [0.15, 0.2) is 54.6 Å². The first-order valence-electron chi connectivity index (χ1n) is 12.7. The van der Waals surface area contributed by atoms with Crippen molar-refractivity contribution in [2.24, 2.45) is 5.92 Å². The lowest BCUT2D eigenvalue weighted by Crippen LogP contribution is -2.60. The first kappa shape index (κ1) is 22.1. The third-order valence-corrected chi connectivity index (χ3v) is 7.78. The van der Waals surface area contributed by atoms with Gasteiger partial charge in [-0.3, -0.25) is 14.5 Å². The van der Waals surface area contributed by atoms with Crippen molar-refractivity contribution in [1.29, 1.82) is 0 Å². The van der Waals surface area contributed by atoms with Gasteiger partial charge in [0.05, 0.1) is 6.04 Å². The number of aryl methyl sites for hydroxylation is 1. The van der Waals surface area contributed by atoms with E-state index >= 15 is 0 Å². The highest BCUT2D eigenvalue weighted by molar-refractivity contribution is 5.94. The van der Waals surface area contributed by atoms with Crippen molar-refractivity contribution in [1.82, 2.24) is 9.80 Å². The van der Waals surface area contributed by atoms with Gasteiger partial charge in [-0.05, 0) is 49.4 Å². The van der Waals surface area contributed by atoms with Crippen molar-refractivity contribution in [2.75, 3.05) is 31.5 Å². The number of hydrogen-bond donors (Lipinski definition) is 1. The maximum atomic E-state index is 13.9. The molecule has 1 N–H and O–H groups in total. The minimum absolute atomic E-state index is 0.0927. The molecule has 3 aliphatic rings. The second kappa shape index (κ2) is 10.1. The van der Waals surface area contributed by atoms with E-state index in [0.717, 1.165) is 44.3 Å². The summed E-state index contributed by atoms with van der Waals surface area (Å²) in [5.41, 5.74) is 3.26. The van der Waals surface area contributed by atoms with Crippen LogP contribution in [0.1, 0.15) is 54.4 Å². The van der Waals surface area contributed by atoms with Gasteiger partial charge < -0.3 is 10.2 Å². The van der Waals surface area contributed by atoms with Crippen molar-refractivity contribution >= 4 is 17.4 Å². The molecule has 0 spiro atoms. The molecule has 1 amide bonds. The molecule has 2 unspecified atom stereocenters. The fourth-order valence-corrected chi connectivity index (χ4v) is 5.93. The monoisotopic (exact) mass is 445 g/mol. The van der Waals surface area contributed by atoms with Crippen LogP contribution in [0.5, 0.6) is 0 Å². The summed E-state index contributed by atoms with van der Waals surface area (Å²) in [6, 6.07) is 18.0. The highest BCUT2D eigenvalue weighted by atomic mass is 16.2. The largest absolute Gasteiger partial charge is 0.380 e. The van der Waals surface area contributed by atoms with E-state index in [0.29, 0.717) is 18.9 Å². The maximum Gasteiger partial charge on any atom is 0.253 e. The van der Waals surface area contributed by atoms with E-state index in [2.05, 4.69) is 34.5 Å². The lowest BCUT2D eigenvalue weighted by Gasteiger charge is -2.44. The van der Waals surface area contributed by atoms with E-state index < -0.39 is 0 Å². The number of fused-ring (bicyclic) bond motifs is 1. The van der Waals surface area contributed by atoms with E-state index in [9.17, 15) is 9.59 Å². The van der Waals surface area contributed by atoms with Crippen molar-refractivity contribution < 1.29 is 9.59 Å². The molecule has 5 rings (SSSR count). The Bertz CT molecular complexity index is 962. The number of nitrogens with zero attached hydrogens (tertiary/aromatic N) is 2. The third kappa shape index (κ3) is 4.84. The average molecular weight is 446 g/mol. The van der Waals surface area contributed by atoms with Crippen LogP contribution in [0.25, 0.3) is 0 Å². The van der Waals surface area contributed by atoms with E-state index in [1.807, 2.05) is 35.2 Å². The Balaban J connectivity index is 1.32. The Labute approximate surface area is 197 Å². The molecule has 0 aromatic heterocycles. The molecule has 0 bridgehead atoms. The molecule has 2 fully saturated rings. The molecule has 5 heteroatoms. The normalized spacial score (nSPS) is 22.8. The van der Waals surface area contributed by atoms with Gasteiger partial charge in [0, 0.05) is 49.4 Å². The second-order valence-electron chi connectivity index (χ2n) is 9.82. The molecule has 174 valence electrons. The fourth-order valence-electron chi connectivity index (χ4n) is 5.93. The number of anilines is 1. The molecule has 33 heavy (non-hydrogen) atoms. The van der Waals surface area contributed by atoms with Crippen LogP contribution in [0, 0.1) is 5.92 Å². The van der Waals surface area contributed by atoms with Gasteiger partial charge in [-0.2, -0.15) is 0 Å². The molecule has 5 nitrogen and oxygen atoms in total. The molecule has 2 aromatic rings. The Kier molecular flexibility index (Phi) is 6.77. The van der Waals surface area contributed by atoms with E-state index in [1.54, 1.807) is 0 Å². The molecule has 2 aromatic carbocycles. The number of para-hydroxylation sites is 1. The summed E-state index contributed by atoms with van der Waals surface area (Å²) in [6.45, 7) is 2.85. The predicted molar refractivity (Wildman–Crippen MR) is 131 cm³/mol. The van der Waals surface area contributed by atoms with Gasteiger partial charge in [-0.1, -0.05) is 55.7 Å². The van der Waals surface area contributed by atoms with Crippen LogP contribution in [0.3, 0.4) is 0 Å². The van der Waals surface area contributed by atoms with E-state index in [-0.39, 0.29) is 23.9 Å². The van der Waals surface area contributed by atoms with Gasteiger partial charge in [0.15, 0.2) is 5.78 Å². The van der Waals surface area contributed by atoms with Crippen molar-refractivity contribution in [3.05, 3.63) is 65.7 Å². The summed E-state index contributed by atoms with van der Waals surface area (Å²) >= 11 is 0. The van der Waals surface area contributed by atoms with Gasteiger partial charge in [0.2, 0.25) is 0 Å². The maximum absolute atomic E-state index is 13.9. The van der Waals surface area contributed by atoms with Crippen LogP contribution >= 0.6 is 0 Å². The molecule has 0 radical (unpaired) electrons. The summed E-state index contributed by atoms with van der Waals surface area (Å²) in [6.07, 6.45) is 7.64. The molecule has 2 atom stereocenters. The van der Waals surface area contributed by atoms with Gasteiger partial charge in [0.1, 0.15) is 0 Å². The van der Waals surface area contributed by atoms with Crippen LogP contribution in [0.2, 0.25) is 0 Å². The molecule has 2 aliphatic heterocycles. The highest BCUT2D eigenvalue weighted by Crippen LogP contribution is 2.32. The smallest absolute Gasteiger partial charge is 0.253 e. The molecule has 1 saturated carbocycles. The topological polar surface area (TPSA) is 52.7 Å². The number of hydrogen-bond acceptors (Lipinski definition) is 4. The average Bonchev–Trinajstić information content (AvgIpc) is 2.90. The van der Waals surface area contributed by atoms with Crippen LogP contribution in [0.4, 0.5) is 5.69 Å². The van der Waals surface area contributed by atoms with E-state index in [1.165, 1.54) is 30.5 Å². The fraction of sp³-hybridized carbons (Fsp3) is 0.500. The Morgan fingerprint density at radius 2 is 1.52 bits per heavy atom. The number of Topliss-reactive ketones (excluding diaryl/α,β-unsaturated/α-hetero) is 1. The van der Waals surface area contributed by atoms with Crippen LogP contribution < -0.4 is 5.32 Å². The Morgan fingerprint density at radius 1 is 0.818 bits per heavy atom. The van der Waals surface area contributed by atoms with Crippen molar-refractivity contribution in [3.8, 4) is 0 Å². The second-order valence-corrected chi connectivity index (χ2v) is 9.82. The Morgan fingerprint density at radius 3 is 2.27 bits per heavy atom. The first-order chi connectivity index (χ1) is 16.2. The number of rotatable bonds is 5. The number of nitrogens with one attached hydrogen (secondary N) is 1. The minimum atomic E-state index is -0.115. The van der Waals surface area contributed by atoms with Crippen molar-refractivity contribution in [2.45, 2.75) is 57.0 Å². The lowest BCUT2D eigenvalue weighted by molar-refractivity contribution is -0.130. The predicted octanol–water partition coefficient (Wildman–Crippen LogP) is 4.39. The number of carbonyl (C=O) groups excluding carboxylic acids is 2. The quantitative estimate of drug-likeness (QED) is 0.742. The summed E-state index contributed by atoms with van der Waals surface area (Å²) in [4.78, 5) is 31.1. The van der Waals surface area contributed by atoms with Crippen molar-refractivity contribution in [3.63, 3.8) is 0 Å². The van der Waals surface area contributed by atoms with Gasteiger partial charge in [-0.15, -0.1) is 0 Å². The van der Waals surface area contributed by atoms with Crippen LogP contribution in [-0.2, 0) is 11.2 Å². The molecular formula is C28H35N3O2. The third-order valence-electron chi connectivity index (χ3n) is 7.78. The zero-order chi connectivity index (χ0) is 22.6.